The van der Waals surface area contributed by atoms with Crippen molar-refractivity contribution in [2.45, 2.75) is 13.8 Å². The summed E-state index contributed by atoms with van der Waals surface area (Å²) in [7, 11) is 0. The molecule has 2 heteroatoms. The topological polar surface area (TPSA) is 17.1 Å². The lowest BCUT2D eigenvalue weighted by atomic mass is 9.98. The number of ketones is 1. The Bertz CT molecular complexity index is 801. The van der Waals surface area contributed by atoms with Crippen molar-refractivity contribution in [1.29, 1.82) is 0 Å². The van der Waals surface area contributed by atoms with Gasteiger partial charge in [-0.25, -0.2) is 0 Å². The lowest BCUT2D eigenvalue weighted by Crippen LogP contribution is -1.96. The van der Waals surface area contributed by atoms with Gasteiger partial charge >= 0.3 is 0 Å². The standard InChI is InChI=1S/C21H19BrO/c1-5-8-9-15(6-2)16-10-11-18-17(7-3)19(12-14(4)22)21(23)20(18)13-16/h5-13H,1,4H2,2-3H3/b9-8-,15-6+,17-7-,19-12+. The maximum atomic E-state index is 12.8. The molecule has 1 aliphatic rings. The molecule has 116 valence electrons. The van der Waals surface area contributed by atoms with E-state index in [-0.39, 0.29) is 5.78 Å². The Morgan fingerprint density at radius 1 is 1.17 bits per heavy atom. The van der Waals surface area contributed by atoms with Crippen LogP contribution in [0.25, 0.3) is 11.1 Å². The first-order chi connectivity index (χ1) is 11.0. The van der Waals surface area contributed by atoms with Gasteiger partial charge in [-0.2, -0.15) is 0 Å². The molecule has 0 aromatic heterocycles. The SMILES string of the molecule is C=C/C=C\C(=C/C)c1ccc2c(c1)C(=O)C(=C/C(=C)Br)/C2=C\C. The predicted octanol–water partition coefficient (Wildman–Crippen LogP) is 6.27. The molecule has 0 saturated heterocycles. The summed E-state index contributed by atoms with van der Waals surface area (Å²) < 4.78 is 0.691. The van der Waals surface area contributed by atoms with E-state index in [1.807, 2.05) is 56.4 Å². The van der Waals surface area contributed by atoms with Gasteiger partial charge in [-0.05, 0) is 48.3 Å². The van der Waals surface area contributed by atoms with Gasteiger partial charge in [0, 0.05) is 15.6 Å². The molecule has 2 rings (SSSR count). The van der Waals surface area contributed by atoms with Gasteiger partial charge in [-0.15, -0.1) is 0 Å². The summed E-state index contributed by atoms with van der Waals surface area (Å²) in [5.74, 6) is 0.0405. The van der Waals surface area contributed by atoms with Crippen LogP contribution in [0.4, 0.5) is 0 Å². The van der Waals surface area contributed by atoms with E-state index >= 15 is 0 Å². The molecule has 0 aliphatic heterocycles. The largest absolute Gasteiger partial charge is 0.289 e. The highest BCUT2D eigenvalue weighted by Gasteiger charge is 2.29. The summed E-state index contributed by atoms with van der Waals surface area (Å²) in [6.45, 7) is 11.4. The number of halogens is 1. The van der Waals surface area contributed by atoms with Crippen molar-refractivity contribution in [3.8, 4) is 0 Å². The zero-order chi connectivity index (χ0) is 17.0. The summed E-state index contributed by atoms with van der Waals surface area (Å²) >= 11 is 3.31. The Morgan fingerprint density at radius 2 is 1.91 bits per heavy atom. The van der Waals surface area contributed by atoms with E-state index in [4.69, 9.17) is 0 Å². The smallest absolute Gasteiger partial charge is 0.194 e. The molecule has 0 amide bonds. The third kappa shape index (κ3) is 3.43. The van der Waals surface area contributed by atoms with Crippen LogP contribution in [-0.4, -0.2) is 5.78 Å². The molecule has 1 aromatic rings. The third-order valence-corrected chi connectivity index (χ3v) is 3.96. The van der Waals surface area contributed by atoms with Crippen LogP contribution in [0.2, 0.25) is 0 Å². The second-order valence-electron chi connectivity index (χ2n) is 5.14. The molecule has 0 fully saturated rings. The molecule has 0 atom stereocenters. The number of hydrogen-bond donors (Lipinski definition) is 0. The van der Waals surface area contributed by atoms with Gasteiger partial charge in [-0.3, -0.25) is 4.79 Å². The highest BCUT2D eigenvalue weighted by Crippen LogP contribution is 2.38. The maximum absolute atomic E-state index is 12.8. The number of Topliss-reactive ketones (excluding diaryl/α,β-unsaturated/α-hetero) is 1. The lowest BCUT2D eigenvalue weighted by Gasteiger charge is -2.05. The Balaban J connectivity index is 2.58. The first kappa shape index (κ1) is 17.2. The molecule has 0 N–H and O–H groups in total. The van der Waals surface area contributed by atoms with Crippen molar-refractivity contribution in [2.24, 2.45) is 0 Å². The number of fused-ring (bicyclic) bond motifs is 1. The second-order valence-corrected chi connectivity index (χ2v) is 6.15. The highest BCUT2D eigenvalue weighted by atomic mass is 79.9. The van der Waals surface area contributed by atoms with Crippen LogP contribution in [0, 0.1) is 0 Å². The van der Waals surface area contributed by atoms with E-state index in [0.29, 0.717) is 10.1 Å². The average molecular weight is 367 g/mol. The molecular formula is C21H19BrO. The Kier molecular flexibility index (Phi) is 5.51. The van der Waals surface area contributed by atoms with E-state index in [9.17, 15) is 4.79 Å². The van der Waals surface area contributed by atoms with Crippen molar-refractivity contribution in [3.63, 3.8) is 0 Å². The zero-order valence-corrected chi connectivity index (χ0v) is 15.0. The monoisotopic (exact) mass is 366 g/mol. The molecule has 0 bridgehead atoms. The quantitative estimate of drug-likeness (QED) is 0.453. The van der Waals surface area contributed by atoms with Crippen LogP contribution in [0.5, 0.6) is 0 Å². The fourth-order valence-electron chi connectivity index (χ4n) is 2.70. The number of carbonyl (C=O) groups is 1. The normalized spacial score (nSPS) is 18.0. The minimum atomic E-state index is 0.0405. The van der Waals surface area contributed by atoms with Gasteiger partial charge in [-0.1, -0.05) is 71.6 Å². The summed E-state index contributed by atoms with van der Waals surface area (Å²) in [6.07, 6.45) is 11.4. The molecule has 1 nitrogen and oxygen atoms in total. The maximum Gasteiger partial charge on any atom is 0.194 e. The average Bonchev–Trinajstić information content (AvgIpc) is 2.79. The molecule has 0 spiro atoms. The minimum Gasteiger partial charge on any atom is -0.289 e. The van der Waals surface area contributed by atoms with Crippen LogP contribution in [0.1, 0.15) is 35.3 Å². The van der Waals surface area contributed by atoms with Gasteiger partial charge in [0.1, 0.15) is 0 Å². The van der Waals surface area contributed by atoms with Crippen LogP contribution in [0.15, 0.2) is 77.9 Å². The summed E-state index contributed by atoms with van der Waals surface area (Å²) in [5.41, 5.74) is 5.44. The van der Waals surface area contributed by atoms with Crippen molar-refractivity contribution in [3.05, 3.63) is 94.6 Å². The van der Waals surface area contributed by atoms with Gasteiger partial charge < -0.3 is 0 Å². The number of hydrogen-bond acceptors (Lipinski definition) is 1. The van der Waals surface area contributed by atoms with Crippen molar-refractivity contribution in [2.75, 3.05) is 0 Å². The number of rotatable bonds is 4. The van der Waals surface area contributed by atoms with E-state index < -0.39 is 0 Å². The first-order valence-corrected chi connectivity index (χ1v) is 8.20. The molecule has 0 unspecified atom stereocenters. The second kappa shape index (κ2) is 7.38. The first-order valence-electron chi connectivity index (χ1n) is 7.41. The van der Waals surface area contributed by atoms with Gasteiger partial charge in [0.25, 0.3) is 0 Å². The van der Waals surface area contributed by atoms with Crippen LogP contribution in [0.3, 0.4) is 0 Å². The molecule has 1 aliphatic carbocycles. The molecule has 0 heterocycles. The Labute approximate surface area is 146 Å². The predicted molar refractivity (Wildman–Crippen MR) is 104 cm³/mol. The van der Waals surface area contributed by atoms with E-state index in [0.717, 1.165) is 27.8 Å². The number of carbonyl (C=O) groups excluding carboxylic acids is 1. The zero-order valence-electron chi connectivity index (χ0n) is 13.4. The number of allylic oxidation sites excluding steroid dienone is 10. The summed E-state index contributed by atoms with van der Waals surface area (Å²) in [5, 5.41) is 0. The van der Waals surface area contributed by atoms with Crippen LogP contribution < -0.4 is 0 Å². The van der Waals surface area contributed by atoms with Gasteiger partial charge in [0.2, 0.25) is 0 Å². The van der Waals surface area contributed by atoms with E-state index in [2.05, 4.69) is 29.1 Å². The van der Waals surface area contributed by atoms with Gasteiger partial charge in [0.15, 0.2) is 5.78 Å². The molecule has 0 radical (unpaired) electrons. The fraction of sp³-hybridized carbons (Fsp3) is 0.0952. The Hall–Kier alpha value is -2.19. The van der Waals surface area contributed by atoms with E-state index in [1.54, 1.807) is 12.2 Å². The third-order valence-electron chi connectivity index (χ3n) is 3.73. The van der Waals surface area contributed by atoms with Crippen molar-refractivity contribution < 1.29 is 4.79 Å². The summed E-state index contributed by atoms with van der Waals surface area (Å²) in [6, 6.07) is 6.02. The van der Waals surface area contributed by atoms with Crippen LogP contribution in [-0.2, 0) is 0 Å². The fourth-order valence-corrected chi connectivity index (χ4v) is 2.93. The minimum absolute atomic E-state index is 0.0405. The molecule has 0 saturated carbocycles. The highest BCUT2D eigenvalue weighted by molar-refractivity contribution is 9.11. The van der Waals surface area contributed by atoms with Crippen molar-refractivity contribution >= 4 is 32.9 Å². The Morgan fingerprint density at radius 3 is 2.48 bits per heavy atom. The van der Waals surface area contributed by atoms with Gasteiger partial charge in [0.05, 0.1) is 0 Å². The van der Waals surface area contributed by atoms with E-state index in [1.165, 1.54) is 0 Å². The lowest BCUT2D eigenvalue weighted by molar-refractivity contribution is 0.104. The summed E-state index contributed by atoms with van der Waals surface area (Å²) in [4.78, 5) is 12.8. The van der Waals surface area contributed by atoms with Crippen molar-refractivity contribution in [1.82, 2.24) is 0 Å². The number of benzene rings is 1. The molecule has 23 heavy (non-hydrogen) atoms. The van der Waals surface area contributed by atoms with Crippen LogP contribution >= 0.6 is 15.9 Å². The molecular weight excluding hydrogens is 348 g/mol. The molecule has 1 aromatic carbocycles.